The van der Waals surface area contributed by atoms with Crippen molar-refractivity contribution in [2.24, 2.45) is 0 Å². The van der Waals surface area contributed by atoms with Gasteiger partial charge in [-0.05, 0) is 31.2 Å². The van der Waals surface area contributed by atoms with Crippen LogP contribution in [-0.2, 0) is 4.79 Å². The third-order valence-corrected chi connectivity index (χ3v) is 3.79. The van der Waals surface area contributed by atoms with Crippen LogP contribution in [0.2, 0.25) is 0 Å². The van der Waals surface area contributed by atoms with Gasteiger partial charge >= 0.3 is 0 Å². The molecule has 0 unspecified atom stereocenters. The minimum absolute atomic E-state index is 0.217. The Labute approximate surface area is 146 Å². The first-order chi connectivity index (χ1) is 12.2. The van der Waals surface area contributed by atoms with Crippen LogP contribution in [0.1, 0.15) is 6.92 Å². The number of fused-ring (bicyclic) bond motifs is 1. The van der Waals surface area contributed by atoms with Gasteiger partial charge in [0, 0.05) is 6.07 Å². The van der Waals surface area contributed by atoms with Crippen molar-refractivity contribution in [3.8, 4) is 23.0 Å². The number of ether oxygens (including phenoxy) is 4. The summed E-state index contributed by atoms with van der Waals surface area (Å²) in [6.07, 6.45) is -0.869. The Bertz CT molecular complexity index is 733. The second-order valence-electron chi connectivity index (χ2n) is 5.68. The zero-order valence-corrected chi connectivity index (χ0v) is 14.2. The lowest BCUT2D eigenvalue weighted by molar-refractivity contribution is -0.127. The molecule has 0 aromatic heterocycles. The van der Waals surface area contributed by atoms with E-state index in [4.69, 9.17) is 18.9 Å². The minimum Gasteiger partial charge on any atom is -0.497 e. The second kappa shape index (κ2) is 7.79. The van der Waals surface area contributed by atoms with Crippen LogP contribution in [0, 0.1) is 0 Å². The molecule has 1 heterocycles. The van der Waals surface area contributed by atoms with Crippen molar-refractivity contribution in [2.45, 2.75) is 19.1 Å². The van der Waals surface area contributed by atoms with Gasteiger partial charge in [0.05, 0.1) is 13.7 Å². The van der Waals surface area contributed by atoms with Crippen LogP contribution in [0.4, 0.5) is 0 Å². The quantitative estimate of drug-likeness (QED) is 0.873. The standard InChI is InChI=1S/C19H21NO5/c1-13(24-15-7-5-6-14(10-15)22-2)19(21)20-11-16-12-23-17-8-3-4-9-18(17)25-16/h3-10,13,16H,11-12H2,1-2H3,(H,20,21)/t13-,16-/m0/s1. The molecular weight excluding hydrogens is 322 g/mol. The molecule has 2 aromatic carbocycles. The summed E-state index contributed by atoms with van der Waals surface area (Å²) in [4.78, 5) is 12.2. The van der Waals surface area contributed by atoms with Crippen molar-refractivity contribution in [3.05, 3.63) is 48.5 Å². The molecule has 1 amide bonds. The first-order valence-electron chi connectivity index (χ1n) is 8.12. The van der Waals surface area contributed by atoms with Crippen LogP contribution in [0.3, 0.4) is 0 Å². The lowest BCUT2D eigenvalue weighted by Gasteiger charge is -2.27. The van der Waals surface area contributed by atoms with Gasteiger partial charge in [-0.25, -0.2) is 0 Å². The number of carbonyl (C=O) groups excluding carboxylic acids is 1. The molecule has 6 heteroatoms. The maximum Gasteiger partial charge on any atom is 0.260 e. The Balaban J connectivity index is 1.49. The fourth-order valence-corrected chi connectivity index (χ4v) is 2.45. The van der Waals surface area contributed by atoms with Gasteiger partial charge < -0.3 is 24.3 Å². The first kappa shape index (κ1) is 17.0. The SMILES string of the molecule is COc1cccc(O[C@@H](C)C(=O)NC[C@H]2COc3ccccc3O2)c1. The number of benzene rings is 2. The fraction of sp³-hybridized carbons (Fsp3) is 0.316. The van der Waals surface area contributed by atoms with Gasteiger partial charge in [0.2, 0.25) is 0 Å². The van der Waals surface area contributed by atoms with Crippen LogP contribution >= 0.6 is 0 Å². The van der Waals surface area contributed by atoms with Crippen LogP contribution in [0.15, 0.2) is 48.5 Å². The van der Waals surface area contributed by atoms with Crippen molar-refractivity contribution >= 4 is 5.91 Å². The predicted molar refractivity (Wildman–Crippen MR) is 92.4 cm³/mol. The van der Waals surface area contributed by atoms with Crippen LogP contribution in [0.25, 0.3) is 0 Å². The van der Waals surface area contributed by atoms with Crippen molar-refractivity contribution < 1.29 is 23.7 Å². The average Bonchev–Trinajstić information content (AvgIpc) is 2.66. The molecule has 0 aliphatic carbocycles. The molecule has 0 saturated heterocycles. The van der Waals surface area contributed by atoms with E-state index in [-0.39, 0.29) is 12.0 Å². The molecule has 0 bridgehead atoms. The molecule has 3 rings (SSSR count). The summed E-state index contributed by atoms with van der Waals surface area (Å²) in [5.74, 6) is 2.45. The Morgan fingerprint density at radius 2 is 1.96 bits per heavy atom. The van der Waals surface area contributed by atoms with E-state index >= 15 is 0 Å². The largest absolute Gasteiger partial charge is 0.497 e. The van der Waals surface area contributed by atoms with Gasteiger partial charge in [0.1, 0.15) is 24.2 Å². The summed E-state index contributed by atoms with van der Waals surface area (Å²) >= 11 is 0. The summed E-state index contributed by atoms with van der Waals surface area (Å²) in [5, 5.41) is 2.83. The molecule has 0 spiro atoms. The molecule has 25 heavy (non-hydrogen) atoms. The smallest absolute Gasteiger partial charge is 0.260 e. The minimum atomic E-state index is -0.635. The van der Waals surface area contributed by atoms with Gasteiger partial charge in [0.15, 0.2) is 17.6 Å². The Morgan fingerprint density at radius 1 is 1.20 bits per heavy atom. The number of hydrogen-bond donors (Lipinski definition) is 1. The zero-order valence-electron chi connectivity index (χ0n) is 14.2. The summed E-state index contributed by atoms with van der Waals surface area (Å²) in [6, 6.07) is 14.6. The summed E-state index contributed by atoms with van der Waals surface area (Å²) in [6.45, 7) is 2.43. The summed E-state index contributed by atoms with van der Waals surface area (Å²) in [7, 11) is 1.58. The van der Waals surface area contributed by atoms with Crippen LogP contribution in [0.5, 0.6) is 23.0 Å². The van der Waals surface area contributed by atoms with Crippen LogP contribution in [-0.4, -0.2) is 38.4 Å². The third-order valence-electron chi connectivity index (χ3n) is 3.79. The highest BCUT2D eigenvalue weighted by Crippen LogP contribution is 2.30. The summed E-state index contributed by atoms with van der Waals surface area (Å²) in [5.41, 5.74) is 0. The highest BCUT2D eigenvalue weighted by Gasteiger charge is 2.22. The van der Waals surface area contributed by atoms with E-state index in [1.165, 1.54) is 0 Å². The van der Waals surface area contributed by atoms with E-state index in [1.807, 2.05) is 36.4 Å². The predicted octanol–water partition coefficient (Wildman–Crippen LogP) is 2.42. The van der Waals surface area contributed by atoms with E-state index in [1.54, 1.807) is 26.2 Å². The number of methoxy groups -OCH3 is 1. The number of para-hydroxylation sites is 2. The maximum atomic E-state index is 12.2. The molecule has 1 N–H and O–H groups in total. The summed E-state index contributed by atoms with van der Waals surface area (Å²) < 4.78 is 22.2. The van der Waals surface area contributed by atoms with Gasteiger partial charge in [-0.15, -0.1) is 0 Å². The Morgan fingerprint density at radius 3 is 2.76 bits per heavy atom. The van der Waals surface area contributed by atoms with Crippen molar-refractivity contribution in [2.75, 3.05) is 20.3 Å². The fourth-order valence-electron chi connectivity index (χ4n) is 2.45. The number of nitrogens with one attached hydrogen (secondary N) is 1. The number of hydrogen-bond acceptors (Lipinski definition) is 5. The molecule has 2 aromatic rings. The van der Waals surface area contributed by atoms with Crippen molar-refractivity contribution in [1.82, 2.24) is 5.32 Å². The molecule has 132 valence electrons. The number of carbonyl (C=O) groups is 1. The molecule has 2 atom stereocenters. The van der Waals surface area contributed by atoms with Crippen molar-refractivity contribution in [3.63, 3.8) is 0 Å². The molecule has 1 aliphatic heterocycles. The zero-order chi connectivity index (χ0) is 17.6. The number of amides is 1. The molecule has 0 fully saturated rings. The Kier molecular flexibility index (Phi) is 5.28. The normalized spacial score (nSPS) is 16.6. The maximum absolute atomic E-state index is 12.2. The molecule has 6 nitrogen and oxygen atoms in total. The van der Waals surface area contributed by atoms with Crippen LogP contribution < -0.4 is 24.3 Å². The van der Waals surface area contributed by atoms with E-state index in [9.17, 15) is 4.79 Å². The number of rotatable bonds is 6. The Hall–Kier alpha value is -2.89. The van der Waals surface area contributed by atoms with E-state index in [0.29, 0.717) is 30.4 Å². The molecule has 0 radical (unpaired) electrons. The monoisotopic (exact) mass is 343 g/mol. The first-order valence-corrected chi connectivity index (χ1v) is 8.12. The second-order valence-corrected chi connectivity index (χ2v) is 5.68. The van der Waals surface area contributed by atoms with Crippen molar-refractivity contribution in [1.29, 1.82) is 0 Å². The molecule has 0 saturated carbocycles. The van der Waals surface area contributed by atoms with Gasteiger partial charge in [-0.2, -0.15) is 0 Å². The van der Waals surface area contributed by atoms with Gasteiger partial charge in [-0.3, -0.25) is 4.79 Å². The highest BCUT2D eigenvalue weighted by atomic mass is 16.6. The van der Waals surface area contributed by atoms with E-state index in [0.717, 1.165) is 5.75 Å². The highest BCUT2D eigenvalue weighted by molar-refractivity contribution is 5.80. The molecule has 1 aliphatic rings. The van der Waals surface area contributed by atoms with E-state index in [2.05, 4.69) is 5.32 Å². The van der Waals surface area contributed by atoms with Gasteiger partial charge in [-0.1, -0.05) is 18.2 Å². The lowest BCUT2D eigenvalue weighted by Crippen LogP contribution is -2.44. The topological polar surface area (TPSA) is 66.0 Å². The lowest BCUT2D eigenvalue weighted by atomic mass is 10.2. The molecular formula is C19H21NO5. The third kappa shape index (κ3) is 4.35. The van der Waals surface area contributed by atoms with Gasteiger partial charge in [0.25, 0.3) is 5.91 Å². The average molecular weight is 343 g/mol. The van der Waals surface area contributed by atoms with E-state index < -0.39 is 6.10 Å².